The molecular weight excluding hydrogens is 294 g/mol. The highest BCUT2D eigenvalue weighted by Gasteiger charge is 2.27. The Bertz CT molecular complexity index is 567. The quantitative estimate of drug-likeness (QED) is 0.754. The van der Waals surface area contributed by atoms with Crippen molar-refractivity contribution < 1.29 is 8.42 Å². The second-order valence-corrected chi connectivity index (χ2v) is 7.81. The third-order valence-corrected chi connectivity index (χ3v) is 6.26. The van der Waals surface area contributed by atoms with Crippen LogP contribution in [0.5, 0.6) is 0 Å². The predicted molar refractivity (Wildman–Crippen MR) is 82.5 cm³/mol. The Hall–Kier alpha value is -0.580. The largest absolute Gasteiger partial charge is 0.242 e. The minimum absolute atomic E-state index is 0.346. The zero-order valence-electron chi connectivity index (χ0n) is 12.1. The predicted octanol–water partition coefficient (Wildman–Crippen LogP) is 3.41. The van der Waals surface area contributed by atoms with Crippen LogP contribution < -0.4 is 0 Å². The summed E-state index contributed by atoms with van der Waals surface area (Å²) in [7, 11) is -1.72. The molecule has 1 aromatic carbocycles. The summed E-state index contributed by atoms with van der Waals surface area (Å²) in [5, 5.41) is 0. The molecule has 1 aliphatic rings. The molecule has 1 aliphatic carbocycles. The number of hydrogen-bond donors (Lipinski definition) is 0. The van der Waals surface area contributed by atoms with Gasteiger partial charge in [0, 0.05) is 19.5 Å². The van der Waals surface area contributed by atoms with Gasteiger partial charge in [-0.05, 0) is 48.4 Å². The lowest BCUT2D eigenvalue weighted by Crippen LogP contribution is -2.34. The second-order valence-electron chi connectivity index (χ2n) is 5.50. The Morgan fingerprint density at radius 2 is 2.00 bits per heavy atom. The second kappa shape index (κ2) is 6.46. The molecule has 0 aromatic heterocycles. The third-order valence-electron chi connectivity index (χ3n) is 4.15. The molecule has 20 heavy (non-hydrogen) atoms. The summed E-state index contributed by atoms with van der Waals surface area (Å²) >= 11 is 5.92. The smallest absolute Gasteiger partial charge is 0.207 e. The fourth-order valence-corrected chi connectivity index (χ4v) is 4.10. The van der Waals surface area contributed by atoms with E-state index in [4.69, 9.17) is 11.6 Å². The fraction of sp³-hybridized carbons (Fsp3) is 0.600. The molecule has 3 nitrogen and oxygen atoms in total. The van der Waals surface area contributed by atoms with Crippen LogP contribution in [0.25, 0.3) is 0 Å². The third kappa shape index (κ3) is 3.18. The molecule has 1 saturated carbocycles. The van der Waals surface area contributed by atoms with E-state index in [9.17, 15) is 8.42 Å². The normalized spacial score (nSPS) is 16.4. The number of halogens is 1. The number of sulfonamides is 1. The van der Waals surface area contributed by atoms with Crippen molar-refractivity contribution in [3.05, 3.63) is 29.3 Å². The molecule has 0 saturated heterocycles. The molecule has 0 heterocycles. The highest BCUT2D eigenvalue weighted by molar-refractivity contribution is 7.89. The lowest BCUT2D eigenvalue weighted by molar-refractivity contribution is 0.263. The molecule has 2 rings (SSSR count). The number of benzene rings is 1. The van der Waals surface area contributed by atoms with Crippen molar-refractivity contribution in [2.24, 2.45) is 5.92 Å². The molecule has 1 fully saturated rings. The zero-order chi connectivity index (χ0) is 14.8. The molecule has 1 aromatic rings. The van der Waals surface area contributed by atoms with Crippen LogP contribution in [-0.4, -0.2) is 26.3 Å². The highest BCUT2D eigenvalue weighted by Crippen LogP contribution is 2.29. The van der Waals surface area contributed by atoms with E-state index in [0.717, 1.165) is 30.4 Å². The number of aryl methyl sites for hydroxylation is 1. The molecule has 0 aliphatic heterocycles. The number of alkyl halides is 1. The molecule has 112 valence electrons. The van der Waals surface area contributed by atoms with Crippen LogP contribution in [0.3, 0.4) is 0 Å². The summed E-state index contributed by atoms with van der Waals surface area (Å²) in [4.78, 5) is 0.354. The Morgan fingerprint density at radius 3 is 2.50 bits per heavy atom. The number of hydrogen-bond acceptors (Lipinski definition) is 2. The van der Waals surface area contributed by atoms with Gasteiger partial charge in [0.1, 0.15) is 0 Å². The number of rotatable bonds is 6. The molecule has 0 atom stereocenters. The molecular formula is C15H22ClNO2S. The van der Waals surface area contributed by atoms with E-state index in [1.807, 2.05) is 13.0 Å². The Kier molecular flexibility index (Phi) is 5.10. The maximum atomic E-state index is 12.6. The summed E-state index contributed by atoms with van der Waals surface area (Å²) in [5.41, 5.74) is 2.02. The Morgan fingerprint density at radius 1 is 1.30 bits per heavy atom. The van der Waals surface area contributed by atoms with Crippen LogP contribution in [0.4, 0.5) is 0 Å². The summed E-state index contributed by atoms with van der Waals surface area (Å²) in [6.45, 7) is 2.66. The molecule has 0 unspecified atom stereocenters. The summed E-state index contributed by atoms with van der Waals surface area (Å²) in [6, 6.07) is 5.29. The zero-order valence-corrected chi connectivity index (χ0v) is 13.7. The average Bonchev–Trinajstić information content (AvgIpc) is 2.41. The van der Waals surface area contributed by atoms with Gasteiger partial charge >= 0.3 is 0 Å². The maximum absolute atomic E-state index is 12.6. The van der Waals surface area contributed by atoms with E-state index >= 15 is 0 Å². The first kappa shape index (κ1) is 15.8. The van der Waals surface area contributed by atoms with Gasteiger partial charge in [0.05, 0.1) is 4.90 Å². The topological polar surface area (TPSA) is 37.4 Å². The Labute approximate surface area is 127 Å². The van der Waals surface area contributed by atoms with E-state index in [1.54, 1.807) is 19.2 Å². The first-order valence-corrected chi connectivity index (χ1v) is 9.10. The first-order valence-electron chi connectivity index (χ1n) is 7.13. The SMILES string of the molecule is CCc1ccc(S(=O)(=O)N(C)CC2CCC2)cc1CCl. The van der Waals surface area contributed by atoms with Gasteiger partial charge in [0.2, 0.25) is 10.0 Å². The molecule has 5 heteroatoms. The van der Waals surface area contributed by atoms with Crippen molar-refractivity contribution in [2.75, 3.05) is 13.6 Å². The van der Waals surface area contributed by atoms with Crippen molar-refractivity contribution in [1.29, 1.82) is 0 Å². The summed E-state index contributed by atoms with van der Waals surface area (Å²) in [6.07, 6.45) is 4.36. The molecule has 0 amide bonds. The Balaban J connectivity index is 2.23. The van der Waals surface area contributed by atoms with Crippen LogP contribution in [0.2, 0.25) is 0 Å². The van der Waals surface area contributed by atoms with Crippen molar-refractivity contribution in [3.8, 4) is 0 Å². The van der Waals surface area contributed by atoms with E-state index in [0.29, 0.717) is 23.2 Å². The van der Waals surface area contributed by atoms with Crippen LogP contribution in [-0.2, 0) is 22.3 Å². The summed E-state index contributed by atoms with van der Waals surface area (Å²) < 4.78 is 26.6. The monoisotopic (exact) mass is 315 g/mol. The summed E-state index contributed by atoms with van der Waals surface area (Å²) in [5.74, 6) is 0.871. The minimum atomic E-state index is -3.39. The minimum Gasteiger partial charge on any atom is -0.207 e. The van der Waals surface area contributed by atoms with Crippen LogP contribution >= 0.6 is 11.6 Å². The van der Waals surface area contributed by atoms with Gasteiger partial charge in [0.25, 0.3) is 0 Å². The lowest BCUT2D eigenvalue weighted by Gasteiger charge is -2.29. The van der Waals surface area contributed by atoms with E-state index in [-0.39, 0.29) is 0 Å². The highest BCUT2D eigenvalue weighted by atomic mass is 35.5. The lowest BCUT2D eigenvalue weighted by atomic mass is 9.86. The van der Waals surface area contributed by atoms with Crippen LogP contribution in [0.1, 0.15) is 37.3 Å². The van der Waals surface area contributed by atoms with Crippen molar-refractivity contribution in [1.82, 2.24) is 4.31 Å². The van der Waals surface area contributed by atoms with Gasteiger partial charge in [-0.1, -0.05) is 19.4 Å². The first-order chi connectivity index (χ1) is 9.48. The van der Waals surface area contributed by atoms with Gasteiger partial charge < -0.3 is 0 Å². The molecule has 0 spiro atoms. The van der Waals surface area contributed by atoms with Gasteiger partial charge in [-0.25, -0.2) is 12.7 Å². The van der Waals surface area contributed by atoms with Gasteiger partial charge in [-0.2, -0.15) is 0 Å². The maximum Gasteiger partial charge on any atom is 0.242 e. The van der Waals surface area contributed by atoms with Gasteiger partial charge in [-0.15, -0.1) is 11.6 Å². The molecule has 0 radical (unpaired) electrons. The van der Waals surface area contributed by atoms with E-state index in [2.05, 4.69) is 0 Å². The van der Waals surface area contributed by atoms with Gasteiger partial charge in [-0.3, -0.25) is 0 Å². The molecule has 0 bridgehead atoms. The fourth-order valence-electron chi connectivity index (χ4n) is 2.55. The van der Waals surface area contributed by atoms with Gasteiger partial charge in [0.15, 0.2) is 0 Å². The van der Waals surface area contributed by atoms with E-state index in [1.165, 1.54) is 10.7 Å². The number of nitrogens with zero attached hydrogens (tertiary/aromatic N) is 1. The van der Waals surface area contributed by atoms with Crippen molar-refractivity contribution >= 4 is 21.6 Å². The van der Waals surface area contributed by atoms with Crippen LogP contribution in [0, 0.1) is 5.92 Å². The van der Waals surface area contributed by atoms with Crippen molar-refractivity contribution in [2.45, 2.75) is 43.4 Å². The van der Waals surface area contributed by atoms with E-state index < -0.39 is 10.0 Å². The average molecular weight is 316 g/mol. The standard InChI is InChI=1S/C15H22ClNO2S/c1-3-13-7-8-15(9-14(13)10-16)20(18,19)17(2)11-12-5-4-6-12/h7-9,12H,3-6,10-11H2,1-2H3. The van der Waals surface area contributed by atoms with Crippen molar-refractivity contribution in [3.63, 3.8) is 0 Å². The van der Waals surface area contributed by atoms with Crippen LogP contribution in [0.15, 0.2) is 23.1 Å². The molecule has 0 N–H and O–H groups in total.